The highest BCUT2D eigenvalue weighted by Gasteiger charge is 2.86. The van der Waals surface area contributed by atoms with Crippen molar-refractivity contribution in [1.82, 2.24) is 0 Å². The fourth-order valence-electron chi connectivity index (χ4n) is 3.71. The minimum absolute atomic E-state index is 0.0501. The average Bonchev–Trinajstić information content (AvgIpc) is 2.78. The molecular weight excluding hydrogens is 559 g/mol. The lowest BCUT2D eigenvalue weighted by molar-refractivity contribution is -0.382. The second-order valence-corrected chi connectivity index (χ2v) is 14.4. The maximum Gasteiger partial charge on any atom is 0.460 e. The summed E-state index contributed by atoms with van der Waals surface area (Å²) in [5, 5.41) is -6.81. The quantitative estimate of drug-likeness (QED) is 0.0973. The summed E-state index contributed by atoms with van der Waals surface area (Å²) in [4.78, 5) is 0. The van der Waals surface area contributed by atoms with Crippen LogP contribution in [0.3, 0.4) is 0 Å². The van der Waals surface area contributed by atoms with Gasteiger partial charge in [-0.05, 0) is 19.3 Å². The number of rotatable bonds is 21. The van der Waals surface area contributed by atoms with E-state index >= 15 is 0 Å². The van der Waals surface area contributed by atoms with Gasteiger partial charge in [-0.2, -0.15) is 47.9 Å². The van der Waals surface area contributed by atoms with E-state index in [1.165, 1.54) is 0 Å². The van der Waals surface area contributed by atoms with Gasteiger partial charge < -0.3 is 0 Å². The van der Waals surface area contributed by atoms with Crippen LogP contribution in [-0.4, -0.2) is 49.0 Å². The van der Waals surface area contributed by atoms with Crippen molar-refractivity contribution in [3.05, 3.63) is 0 Å². The van der Waals surface area contributed by atoms with E-state index in [4.69, 9.17) is 3.63 Å². The molecule has 0 rings (SSSR count). The number of halogens is 9. The van der Waals surface area contributed by atoms with E-state index in [1.54, 1.807) is 0 Å². The summed E-state index contributed by atoms with van der Waals surface area (Å²) in [7, 11) is -9.93. The molecule has 0 aromatic carbocycles. The third kappa shape index (κ3) is 9.95. The first kappa shape index (κ1) is 36.6. The molecule has 0 N–H and O–H groups in total. The Morgan fingerprint density at radius 1 is 0.514 bits per heavy atom. The van der Waals surface area contributed by atoms with Crippen molar-refractivity contribution in [2.75, 3.05) is 17.3 Å². The van der Waals surface area contributed by atoms with Gasteiger partial charge >= 0.3 is 33.4 Å². The van der Waals surface area contributed by atoms with Crippen molar-refractivity contribution in [3.8, 4) is 0 Å². The van der Waals surface area contributed by atoms with E-state index in [2.05, 4.69) is 0 Å². The van der Waals surface area contributed by atoms with Crippen LogP contribution in [-0.2, 0) is 13.7 Å². The number of hydrogen-bond acceptors (Lipinski definition) is 3. The van der Waals surface area contributed by atoms with Gasteiger partial charge in [-0.3, -0.25) is 0 Å². The molecule has 0 unspecified atom stereocenters. The van der Waals surface area contributed by atoms with E-state index in [-0.39, 0.29) is 17.3 Å². The standard InChI is InChI=1S/C23H41F9O3S2/c1-4-7-10-13-16-19-36(17-14-11-8-5-2,18-15-12-9-6-3)35-37(33,34)23(31,32)21(26,27)20(24,25)22(28,29)30/h4-19H2,1-3H3. The highest BCUT2D eigenvalue weighted by Crippen LogP contribution is 2.59. The Balaban J connectivity index is 6.29. The van der Waals surface area contributed by atoms with Crippen molar-refractivity contribution in [2.45, 2.75) is 128 Å². The maximum atomic E-state index is 14.5. The van der Waals surface area contributed by atoms with Crippen LogP contribution < -0.4 is 0 Å². The highest BCUT2D eigenvalue weighted by molar-refractivity contribution is 8.33. The minimum atomic E-state index is -7.31. The van der Waals surface area contributed by atoms with Gasteiger partial charge in [0.25, 0.3) is 0 Å². The molecule has 226 valence electrons. The SMILES string of the molecule is CCCCCCCS(CCCCCC)(CCCCCC)OS(=O)(=O)C(F)(F)C(F)(F)C(F)(F)C(F)(F)F. The Morgan fingerprint density at radius 2 is 0.838 bits per heavy atom. The predicted octanol–water partition coefficient (Wildman–Crippen LogP) is 9.61. The predicted molar refractivity (Wildman–Crippen MR) is 130 cm³/mol. The molecule has 0 heterocycles. The summed E-state index contributed by atoms with van der Waals surface area (Å²) in [5.74, 6) is -14.7. The summed E-state index contributed by atoms with van der Waals surface area (Å²) in [6, 6.07) is 0. The largest absolute Gasteiger partial charge is 0.460 e. The van der Waals surface area contributed by atoms with Crippen molar-refractivity contribution in [3.63, 3.8) is 0 Å². The summed E-state index contributed by atoms with van der Waals surface area (Å²) in [6.45, 7) is 5.73. The fourth-order valence-corrected chi connectivity index (χ4v) is 9.63. The van der Waals surface area contributed by atoms with Crippen LogP contribution in [0.4, 0.5) is 39.5 Å². The van der Waals surface area contributed by atoms with Crippen molar-refractivity contribution >= 4 is 20.4 Å². The van der Waals surface area contributed by atoms with Gasteiger partial charge in [-0.25, -0.2) is 3.63 Å². The molecule has 0 aromatic heterocycles. The zero-order valence-corrected chi connectivity index (χ0v) is 23.4. The number of alkyl halides is 9. The van der Waals surface area contributed by atoms with Crippen molar-refractivity contribution in [1.29, 1.82) is 0 Å². The maximum absolute atomic E-state index is 14.5. The van der Waals surface area contributed by atoms with Gasteiger partial charge in [-0.1, -0.05) is 85.0 Å². The Labute approximate surface area is 216 Å². The molecule has 14 heteroatoms. The Bertz CT molecular complexity index is 730. The van der Waals surface area contributed by atoms with Crippen LogP contribution in [0.5, 0.6) is 0 Å². The van der Waals surface area contributed by atoms with Gasteiger partial charge in [0.2, 0.25) is 0 Å². The molecule has 0 saturated carbocycles. The van der Waals surface area contributed by atoms with Gasteiger partial charge in [0.1, 0.15) is 0 Å². The van der Waals surface area contributed by atoms with Crippen LogP contribution >= 0.6 is 10.3 Å². The molecule has 0 spiro atoms. The summed E-state index contributed by atoms with van der Waals surface area (Å²) in [6.07, 6.45) is 1.06. The fraction of sp³-hybridized carbons (Fsp3) is 1.00. The molecule has 0 aliphatic carbocycles. The Morgan fingerprint density at radius 3 is 1.16 bits per heavy atom. The van der Waals surface area contributed by atoms with Crippen molar-refractivity contribution in [2.24, 2.45) is 0 Å². The zero-order valence-electron chi connectivity index (χ0n) is 21.8. The lowest BCUT2D eigenvalue weighted by atomic mass is 10.1. The lowest BCUT2D eigenvalue weighted by Crippen LogP contribution is -2.63. The van der Waals surface area contributed by atoms with Crippen LogP contribution in [0.15, 0.2) is 0 Å². The molecule has 0 atom stereocenters. The normalized spacial score (nSPS) is 14.8. The second kappa shape index (κ2) is 15.4. The van der Waals surface area contributed by atoms with E-state index in [0.29, 0.717) is 38.5 Å². The number of hydrogen-bond donors (Lipinski definition) is 0. The van der Waals surface area contributed by atoms with Gasteiger partial charge in [0, 0.05) is 17.3 Å². The van der Waals surface area contributed by atoms with E-state index in [0.717, 1.165) is 44.9 Å². The Hall–Kier alpha value is -0.370. The first-order chi connectivity index (χ1) is 16.9. The molecule has 0 aliphatic rings. The smallest absolute Gasteiger partial charge is 0.215 e. The molecule has 0 amide bonds. The molecule has 0 saturated heterocycles. The minimum Gasteiger partial charge on any atom is -0.215 e. The van der Waals surface area contributed by atoms with E-state index in [9.17, 15) is 47.9 Å². The summed E-state index contributed by atoms with van der Waals surface area (Å²) in [5.41, 5.74) is 0. The van der Waals surface area contributed by atoms with Crippen molar-refractivity contribution < 1.29 is 51.6 Å². The topological polar surface area (TPSA) is 43.4 Å². The summed E-state index contributed by atoms with van der Waals surface area (Å²) < 4.78 is 151. The first-order valence-electron chi connectivity index (χ1n) is 12.8. The van der Waals surface area contributed by atoms with Gasteiger partial charge in [-0.15, -0.1) is 10.3 Å². The molecule has 0 fully saturated rings. The molecule has 0 radical (unpaired) electrons. The molecule has 3 nitrogen and oxygen atoms in total. The number of unbranched alkanes of at least 4 members (excludes halogenated alkanes) is 10. The zero-order chi connectivity index (χ0) is 29.0. The van der Waals surface area contributed by atoms with E-state index in [1.807, 2.05) is 20.8 Å². The Kier molecular flexibility index (Phi) is 15.3. The first-order valence-corrected chi connectivity index (χ1v) is 16.3. The third-order valence-electron chi connectivity index (χ3n) is 6.02. The molecule has 37 heavy (non-hydrogen) atoms. The lowest BCUT2D eigenvalue weighted by Gasteiger charge is -2.41. The average molecular weight is 601 g/mol. The third-order valence-corrected chi connectivity index (χ3v) is 11.9. The van der Waals surface area contributed by atoms with Gasteiger partial charge in [0.15, 0.2) is 0 Å². The van der Waals surface area contributed by atoms with E-state index < -0.39 is 43.7 Å². The second-order valence-electron chi connectivity index (χ2n) is 9.30. The van der Waals surface area contributed by atoms with Crippen LogP contribution in [0.25, 0.3) is 0 Å². The molecule has 0 bridgehead atoms. The van der Waals surface area contributed by atoms with Crippen LogP contribution in [0.2, 0.25) is 0 Å². The molecular formula is C23H41F9O3S2. The summed E-state index contributed by atoms with van der Waals surface area (Å²) >= 11 is 0. The molecule has 0 aliphatic heterocycles. The van der Waals surface area contributed by atoms with Crippen LogP contribution in [0, 0.1) is 0 Å². The molecule has 0 aromatic rings. The highest BCUT2D eigenvalue weighted by atomic mass is 32.3. The van der Waals surface area contributed by atoms with Gasteiger partial charge in [0.05, 0.1) is 0 Å². The van der Waals surface area contributed by atoms with Crippen LogP contribution in [0.1, 0.15) is 104 Å². The monoisotopic (exact) mass is 600 g/mol.